The van der Waals surface area contributed by atoms with Gasteiger partial charge in [-0.05, 0) is 28.5 Å². The molecule has 0 saturated heterocycles. The van der Waals surface area contributed by atoms with Gasteiger partial charge in [-0.3, -0.25) is 9.78 Å². The average molecular weight is 452 g/mol. The lowest BCUT2D eigenvalue weighted by atomic mass is 10.1. The molecule has 0 fully saturated rings. The van der Waals surface area contributed by atoms with Crippen molar-refractivity contribution in [3.63, 3.8) is 0 Å². The van der Waals surface area contributed by atoms with Crippen LogP contribution in [0.15, 0.2) is 80.6 Å². The highest BCUT2D eigenvalue weighted by Gasteiger charge is 2.09. The number of carbonyl (C=O) groups excluding carboxylic acids is 1. The van der Waals surface area contributed by atoms with Gasteiger partial charge in [-0.25, -0.2) is 5.43 Å². The molecule has 2 aromatic carbocycles. The van der Waals surface area contributed by atoms with Crippen molar-refractivity contribution in [2.75, 3.05) is 5.75 Å². The number of aromatic nitrogens is 3. The number of rotatable bonds is 8. The van der Waals surface area contributed by atoms with E-state index in [1.54, 1.807) is 18.0 Å². The summed E-state index contributed by atoms with van der Waals surface area (Å²) in [6, 6.07) is 20.2. The van der Waals surface area contributed by atoms with E-state index in [0.29, 0.717) is 5.69 Å². The van der Waals surface area contributed by atoms with E-state index in [2.05, 4.69) is 62.1 Å². The van der Waals surface area contributed by atoms with Gasteiger partial charge in [0, 0.05) is 11.9 Å². The van der Waals surface area contributed by atoms with Crippen LogP contribution < -0.4 is 5.43 Å². The molecule has 0 unspecified atom stereocenters. The summed E-state index contributed by atoms with van der Waals surface area (Å²) in [5.74, 6) is 0.846. The van der Waals surface area contributed by atoms with Gasteiger partial charge in [0.05, 0.1) is 17.7 Å². The van der Waals surface area contributed by atoms with Crippen LogP contribution in [0, 0.1) is 0 Å². The Bertz CT molecular complexity index is 1160. The van der Waals surface area contributed by atoms with Crippen LogP contribution in [0.25, 0.3) is 10.8 Å². The number of nitrogens with one attached hydrogen (secondary N) is 1. The maximum atomic E-state index is 11.9. The molecule has 0 spiro atoms. The van der Waals surface area contributed by atoms with E-state index in [-0.39, 0.29) is 11.7 Å². The lowest BCUT2D eigenvalue weighted by Crippen LogP contribution is -2.19. The molecule has 0 saturated carbocycles. The molecule has 6 nitrogen and oxygen atoms in total. The fraction of sp³-hybridized carbons (Fsp3) is 0.0952. The molecule has 150 valence electrons. The predicted octanol–water partition coefficient (Wildman–Crippen LogP) is 4.62. The molecular formula is C21H17N5OS3. The standard InChI is InChI=1S/C21H17N5OS3/c27-19(24-23-12-17-9-3-4-11-22-17)14-29-21-26-25-20(30-21)28-13-16-8-5-7-15-6-1-2-10-18(15)16/h1-12H,13-14H2,(H,24,27)/b23-12+. The minimum absolute atomic E-state index is 0.202. The summed E-state index contributed by atoms with van der Waals surface area (Å²) in [5.41, 5.74) is 4.45. The Hall–Kier alpha value is -2.75. The Morgan fingerprint density at radius 3 is 2.67 bits per heavy atom. The molecular weight excluding hydrogens is 434 g/mol. The normalized spacial score (nSPS) is 11.2. The Morgan fingerprint density at radius 2 is 1.80 bits per heavy atom. The maximum Gasteiger partial charge on any atom is 0.250 e. The number of hydrogen-bond acceptors (Lipinski definition) is 8. The van der Waals surface area contributed by atoms with Crippen LogP contribution in [0.4, 0.5) is 0 Å². The molecule has 4 rings (SSSR count). The molecule has 0 radical (unpaired) electrons. The molecule has 2 aromatic heterocycles. The minimum Gasteiger partial charge on any atom is -0.272 e. The van der Waals surface area contributed by atoms with Crippen molar-refractivity contribution < 1.29 is 4.79 Å². The Kier molecular flexibility index (Phi) is 7.07. The second-order valence-electron chi connectivity index (χ2n) is 6.10. The fourth-order valence-electron chi connectivity index (χ4n) is 2.65. The van der Waals surface area contributed by atoms with E-state index >= 15 is 0 Å². The molecule has 0 aliphatic carbocycles. The van der Waals surface area contributed by atoms with Crippen molar-refractivity contribution in [2.24, 2.45) is 5.10 Å². The first-order chi connectivity index (χ1) is 14.8. The van der Waals surface area contributed by atoms with Gasteiger partial charge < -0.3 is 0 Å². The summed E-state index contributed by atoms with van der Waals surface area (Å²) in [4.78, 5) is 16.0. The van der Waals surface area contributed by atoms with Crippen molar-refractivity contribution >= 4 is 57.8 Å². The lowest BCUT2D eigenvalue weighted by molar-refractivity contribution is -0.118. The average Bonchev–Trinajstić information content (AvgIpc) is 3.25. The van der Waals surface area contributed by atoms with Crippen LogP contribution in [-0.2, 0) is 10.5 Å². The number of hydrogen-bond donors (Lipinski definition) is 1. The smallest absolute Gasteiger partial charge is 0.250 e. The van der Waals surface area contributed by atoms with Gasteiger partial charge in [0.1, 0.15) is 0 Å². The number of fused-ring (bicyclic) bond motifs is 1. The SMILES string of the molecule is O=C(CSc1nnc(SCc2cccc3ccccc23)s1)N/N=C/c1ccccn1. The fourth-order valence-corrected chi connectivity index (χ4v) is 5.47. The van der Waals surface area contributed by atoms with Crippen molar-refractivity contribution in [1.82, 2.24) is 20.6 Å². The number of nitrogens with zero attached hydrogens (tertiary/aromatic N) is 4. The van der Waals surface area contributed by atoms with Gasteiger partial charge in [-0.1, -0.05) is 83.4 Å². The van der Waals surface area contributed by atoms with Crippen molar-refractivity contribution in [3.8, 4) is 0 Å². The topological polar surface area (TPSA) is 80.1 Å². The van der Waals surface area contributed by atoms with Crippen molar-refractivity contribution in [2.45, 2.75) is 14.4 Å². The first-order valence-electron chi connectivity index (χ1n) is 9.06. The highest BCUT2D eigenvalue weighted by Crippen LogP contribution is 2.32. The number of benzene rings is 2. The second-order valence-corrected chi connectivity index (χ2v) is 9.52. The summed E-state index contributed by atoms with van der Waals surface area (Å²) >= 11 is 4.50. The number of amides is 1. The van der Waals surface area contributed by atoms with Crippen LogP contribution in [0.5, 0.6) is 0 Å². The zero-order valence-corrected chi connectivity index (χ0v) is 18.2. The molecule has 4 aromatic rings. The van der Waals surface area contributed by atoms with Crippen molar-refractivity contribution in [1.29, 1.82) is 0 Å². The van der Waals surface area contributed by atoms with Gasteiger partial charge in [0.2, 0.25) is 0 Å². The third-order valence-electron chi connectivity index (χ3n) is 4.02. The number of carbonyl (C=O) groups is 1. The third kappa shape index (κ3) is 5.65. The summed E-state index contributed by atoms with van der Waals surface area (Å²) in [7, 11) is 0. The molecule has 0 aliphatic rings. The van der Waals surface area contributed by atoms with E-state index in [9.17, 15) is 4.79 Å². The Balaban J connectivity index is 1.26. The zero-order chi connectivity index (χ0) is 20.6. The first-order valence-corrected chi connectivity index (χ1v) is 11.9. The van der Waals surface area contributed by atoms with Crippen LogP contribution >= 0.6 is 34.9 Å². The molecule has 0 aliphatic heterocycles. The molecule has 30 heavy (non-hydrogen) atoms. The van der Waals surface area contributed by atoms with Gasteiger partial charge in [-0.15, -0.1) is 10.2 Å². The first kappa shape index (κ1) is 20.5. The summed E-state index contributed by atoms with van der Waals surface area (Å²) in [5, 5.41) is 14.8. The monoisotopic (exact) mass is 451 g/mol. The van der Waals surface area contributed by atoms with E-state index in [4.69, 9.17) is 0 Å². The van der Waals surface area contributed by atoms with Gasteiger partial charge in [0.25, 0.3) is 5.91 Å². The lowest BCUT2D eigenvalue weighted by Gasteiger charge is -2.04. The second kappa shape index (κ2) is 10.3. The number of pyridine rings is 1. The van der Waals surface area contributed by atoms with Gasteiger partial charge in [-0.2, -0.15) is 5.10 Å². The van der Waals surface area contributed by atoms with Crippen molar-refractivity contribution in [3.05, 3.63) is 78.1 Å². The summed E-state index contributed by atoms with van der Waals surface area (Å²) in [6.45, 7) is 0. The third-order valence-corrected chi connectivity index (χ3v) is 7.26. The van der Waals surface area contributed by atoms with Gasteiger partial charge >= 0.3 is 0 Å². The molecule has 2 heterocycles. The quantitative estimate of drug-likeness (QED) is 0.239. The van der Waals surface area contributed by atoms with Crippen LogP contribution in [-0.4, -0.2) is 33.1 Å². The highest BCUT2D eigenvalue weighted by molar-refractivity contribution is 8.03. The van der Waals surface area contributed by atoms with Gasteiger partial charge in [0.15, 0.2) is 8.68 Å². The number of hydrazone groups is 1. The molecule has 1 amide bonds. The summed E-state index contributed by atoms with van der Waals surface area (Å²) < 4.78 is 1.65. The maximum absolute atomic E-state index is 11.9. The van der Waals surface area contributed by atoms with Crippen LogP contribution in [0.3, 0.4) is 0 Å². The molecule has 0 bridgehead atoms. The molecule has 1 N–H and O–H groups in total. The number of thioether (sulfide) groups is 2. The highest BCUT2D eigenvalue weighted by atomic mass is 32.2. The Morgan fingerprint density at radius 1 is 1.00 bits per heavy atom. The van der Waals surface area contributed by atoms with Crippen LogP contribution in [0.2, 0.25) is 0 Å². The summed E-state index contributed by atoms with van der Waals surface area (Å²) in [6.07, 6.45) is 3.18. The Labute approximate surface area is 186 Å². The zero-order valence-electron chi connectivity index (χ0n) is 15.8. The van der Waals surface area contributed by atoms with E-state index < -0.39 is 0 Å². The van der Waals surface area contributed by atoms with E-state index in [1.807, 2.05) is 24.3 Å². The molecule has 0 atom stereocenters. The molecule has 9 heteroatoms. The van der Waals surface area contributed by atoms with E-state index in [1.165, 1.54) is 45.6 Å². The largest absolute Gasteiger partial charge is 0.272 e. The predicted molar refractivity (Wildman–Crippen MR) is 124 cm³/mol. The van der Waals surface area contributed by atoms with Crippen LogP contribution in [0.1, 0.15) is 11.3 Å². The van der Waals surface area contributed by atoms with E-state index in [0.717, 1.165) is 14.4 Å². The minimum atomic E-state index is -0.202.